The van der Waals surface area contributed by atoms with E-state index in [0.717, 1.165) is 29.8 Å². The van der Waals surface area contributed by atoms with Gasteiger partial charge in [0.25, 0.3) is 0 Å². The van der Waals surface area contributed by atoms with Gasteiger partial charge in [0.1, 0.15) is 6.26 Å². The summed E-state index contributed by atoms with van der Waals surface area (Å²) in [5.41, 5.74) is 2.52. The SMILES string of the molecule is Cc1coc(-c2cccc(NC(=O)CC3CC4CCC(C3)N4)c2)n1. The van der Waals surface area contributed by atoms with Crippen molar-refractivity contribution in [2.75, 3.05) is 5.32 Å². The summed E-state index contributed by atoms with van der Waals surface area (Å²) in [5, 5.41) is 6.65. The second kappa shape index (κ2) is 6.40. The average molecular weight is 325 g/mol. The molecule has 2 aromatic rings. The van der Waals surface area contributed by atoms with Crippen LogP contribution >= 0.6 is 0 Å². The number of rotatable bonds is 4. The zero-order valence-corrected chi connectivity index (χ0v) is 13.9. The topological polar surface area (TPSA) is 67.2 Å². The molecule has 24 heavy (non-hydrogen) atoms. The molecule has 4 rings (SSSR count). The smallest absolute Gasteiger partial charge is 0.226 e. The molecule has 0 spiro atoms. The second-order valence-electron chi connectivity index (χ2n) is 7.10. The highest BCUT2D eigenvalue weighted by molar-refractivity contribution is 5.91. The van der Waals surface area contributed by atoms with Crippen LogP contribution in [0.2, 0.25) is 0 Å². The van der Waals surface area contributed by atoms with E-state index in [1.54, 1.807) is 6.26 Å². The molecule has 1 aromatic heterocycles. The second-order valence-corrected chi connectivity index (χ2v) is 7.10. The third-order valence-corrected chi connectivity index (χ3v) is 5.06. The molecule has 2 aliphatic rings. The molecule has 5 heteroatoms. The first kappa shape index (κ1) is 15.4. The third-order valence-electron chi connectivity index (χ3n) is 5.06. The van der Waals surface area contributed by atoms with Gasteiger partial charge in [0.2, 0.25) is 11.8 Å². The van der Waals surface area contributed by atoms with E-state index in [1.165, 1.54) is 12.8 Å². The predicted octanol–water partition coefficient (Wildman–Crippen LogP) is 3.51. The summed E-state index contributed by atoms with van der Waals surface area (Å²) >= 11 is 0. The Morgan fingerprint density at radius 3 is 2.83 bits per heavy atom. The van der Waals surface area contributed by atoms with Crippen molar-refractivity contribution in [2.24, 2.45) is 5.92 Å². The van der Waals surface area contributed by atoms with Crippen LogP contribution in [0.15, 0.2) is 34.9 Å². The quantitative estimate of drug-likeness (QED) is 0.903. The van der Waals surface area contributed by atoms with Crippen LogP contribution < -0.4 is 10.6 Å². The van der Waals surface area contributed by atoms with Crippen LogP contribution in [-0.2, 0) is 4.79 Å². The van der Waals surface area contributed by atoms with Gasteiger partial charge in [-0.05, 0) is 56.7 Å². The van der Waals surface area contributed by atoms with E-state index in [-0.39, 0.29) is 5.91 Å². The van der Waals surface area contributed by atoms with E-state index in [4.69, 9.17) is 4.42 Å². The molecule has 2 N–H and O–H groups in total. The van der Waals surface area contributed by atoms with Gasteiger partial charge in [-0.1, -0.05) is 6.07 Å². The molecule has 2 bridgehead atoms. The number of piperidine rings is 1. The minimum absolute atomic E-state index is 0.0991. The van der Waals surface area contributed by atoms with Gasteiger partial charge in [0.15, 0.2) is 0 Å². The van der Waals surface area contributed by atoms with Crippen molar-refractivity contribution in [1.29, 1.82) is 0 Å². The fraction of sp³-hybridized carbons (Fsp3) is 0.474. The highest BCUT2D eigenvalue weighted by atomic mass is 16.3. The molecule has 0 saturated carbocycles. The lowest BCUT2D eigenvalue weighted by Gasteiger charge is -2.28. The summed E-state index contributed by atoms with van der Waals surface area (Å²) in [6.07, 6.45) is 7.02. The van der Waals surface area contributed by atoms with Crippen molar-refractivity contribution in [3.05, 3.63) is 36.2 Å². The van der Waals surface area contributed by atoms with Crippen LogP contribution in [0.4, 0.5) is 5.69 Å². The number of carbonyl (C=O) groups excluding carboxylic acids is 1. The molecule has 2 fully saturated rings. The summed E-state index contributed by atoms with van der Waals surface area (Å²) in [7, 11) is 0. The number of fused-ring (bicyclic) bond motifs is 2. The van der Waals surface area contributed by atoms with Gasteiger partial charge in [-0.3, -0.25) is 4.79 Å². The van der Waals surface area contributed by atoms with E-state index < -0.39 is 0 Å². The summed E-state index contributed by atoms with van der Waals surface area (Å²) in [4.78, 5) is 16.7. The van der Waals surface area contributed by atoms with Crippen molar-refractivity contribution in [3.63, 3.8) is 0 Å². The van der Waals surface area contributed by atoms with Crippen LogP contribution in [0.1, 0.15) is 37.8 Å². The molecule has 0 aliphatic carbocycles. The van der Waals surface area contributed by atoms with Gasteiger partial charge in [-0.25, -0.2) is 4.98 Å². The van der Waals surface area contributed by atoms with Gasteiger partial charge in [-0.15, -0.1) is 0 Å². The Kier molecular flexibility index (Phi) is 4.10. The summed E-state index contributed by atoms with van der Waals surface area (Å²) in [6.45, 7) is 1.89. The van der Waals surface area contributed by atoms with Crippen LogP contribution in [0.3, 0.4) is 0 Å². The Morgan fingerprint density at radius 1 is 1.33 bits per heavy atom. The van der Waals surface area contributed by atoms with E-state index in [9.17, 15) is 4.79 Å². The molecule has 3 heterocycles. The van der Waals surface area contributed by atoms with Gasteiger partial charge in [0.05, 0.1) is 5.69 Å². The van der Waals surface area contributed by atoms with E-state index in [2.05, 4.69) is 15.6 Å². The minimum Gasteiger partial charge on any atom is -0.444 e. The first-order chi connectivity index (χ1) is 11.7. The van der Waals surface area contributed by atoms with Gasteiger partial charge < -0.3 is 15.1 Å². The maximum Gasteiger partial charge on any atom is 0.226 e. The molecule has 5 nitrogen and oxygen atoms in total. The molecule has 2 atom stereocenters. The number of benzene rings is 1. The summed E-state index contributed by atoms with van der Waals surface area (Å²) < 4.78 is 5.43. The maximum atomic E-state index is 12.4. The van der Waals surface area contributed by atoms with Crippen molar-refractivity contribution in [2.45, 2.75) is 51.1 Å². The molecule has 1 aromatic carbocycles. The summed E-state index contributed by atoms with van der Waals surface area (Å²) in [6, 6.07) is 8.91. The Bertz CT molecular complexity index is 728. The number of amides is 1. The first-order valence-electron chi connectivity index (χ1n) is 8.74. The van der Waals surface area contributed by atoms with Crippen LogP contribution in [-0.4, -0.2) is 23.0 Å². The van der Waals surface area contributed by atoms with E-state index in [1.807, 2.05) is 31.2 Å². The highest BCUT2D eigenvalue weighted by Crippen LogP contribution is 2.33. The maximum absolute atomic E-state index is 12.4. The number of anilines is 1. The number of carbonyl (C=O) groups is 1. The van der Waals surface area contributed by atoms with Crippen molar-refractivity contribution < 1.29 is 9.21 Å². The van der Waals surface area contributed by atoms with Crippen molar-refractivity contribution >= 4 is 11.6 Å². The van der Waals surface area contributed by atoms with E-state index in [0.29, 0.717) is 30.3 Å². The van der Waals surface area contributed by atoms with E-state index >= 15 is 0 Å². The molecule has 126 valence electrons. The van der Waals surface area contributed by atoms with Crippen LogP contribution in [0.5, 0.6) is 0 Å². The Balaban J connectivity index is 1.39. The number of hydrogen-bond donors (Lipinski definition) is 2. The lowest BCUT2D eigenvalue weighted by atomic mass is 9.89. The number of aryl methyl sites for hydroxylation is 1. The molecule has 2 saturated heterocycles. The number of aromatic nitrogens is 1. The molecule has 2 unspecified atom stereocenters. The van der Waals surface area contributed by atoms with Gasteiger partial charge in [0, 0.05) is 29.8 Å². The number of oxazole rings is 1. The predicted molar refractivity (Wildman–Crippen MR) is 92.6 cm³/mol. The summed E-state index contributed by atoms with van der Waals surface area (Å²) in [5.74, 6) is 1.18. The van der Waals surface area contributed by atoms with Crippen LogP contribution in [0.25, 0.3) is 11.5 Å². The fourth-order valence-corrected chi connectivity index (χ4v) is 4.03. The van der Waals surface area contributed by atoms with Crippen molar-refractivity contribution in [1.82, 2.24) is 10.3 Å². The highest BCUT2D eigenvalue weighted by Gasteiger charge is 2.34. The number of hydrogen-bond acceptors (Lipinski definition) is 4. The standard InChI is InChI=1S/C19H23N3O2/c1-12-11-24-19(20-12)14-3-2-4-15(10-14)22-18(23)9-13-7-16-5-6-17(8-13)21-16/h2-4,10-11,13,16-17,21H,5-9H2,1H3,(H,22,23). The monoisotopic (exact) mass is 325 g/mol. The zero-order valence-electron chi connectivity index (χ0n) is 13.9. The average Bonchev–Trinajstić information content (AvgIpc) is 3.13. The van der Waals surface area contributed by atoms with Gasteiger partial charge >= 0.3 is 0 Å². The first-order valence-corrected chi connectivity index (χ1v) is 8.74. The zero-order chi connectivity index (χ0) is 16.5. The Morgan fingerprint density at radius 2 is 2.12 bits per heavy atom. The molecular formula is C19H23N3O2. The minimum atomic E-state index is 0.0991. The molecule has 2 aliphatic heterocycles. The van der Waals surface area contributed by atoms with Crippen LogP contribution in [0, 0.1) is 12.8 Å². The van der Waals surface area contributed by atoms with Crippen molar-refractivity contribution in [3.8, 4) is 11.5 Å². The molecule has 0 radical (unpaired) electrons. The molecule has 1 amide bonds. The number of nitrogens with zero attached hydrogens (tertiary/aromatic N) is 1. The third kappa shape index (κ3) is 3.36. The fourth-order valence-electron chi connectivity index (χ4n) is 4.03. The normalized spacial score (nSPS) is 25.6. The number of nitrogens with one attached hydrogen (secondary N) is 2. The lowest BCUT2D eigenvalue weighted by Crippen LogP contribution is -2.39. The Hall–Kier alpha value is -2.14. The van der Waals surface area contributed by atoms with Gasteiger partial charge in [-0.2, -0.15) is 0 Å². The largest absolute Gasteiger partial charge is 0.444 e. The molecular weight excluding hydrogens is 302 g/mol. The lowest BCUT2D eigenvalue weighted by molar-refractivity contribution is -0.117. The Labute approximate surface area is 141 Å².